The van der Waals surface area contributed by atoms with E-state index in [1.807, 2.05) is 5.32 Å². The molecule has 1 aliphatic heterocycles. The minimum atomic E-state index is -4.57. The number of carbonyl (C=O) groups is 3. The van der Waals surface area contributed by atoms with Gasteiger partial charge in [-0.25, -0.2) is 9.69 Å². The summed E-state index contributed by atoms with van der Waals surface area (Å²) in [5.41, 5.74) is -0.375. The van der Waals surface area contributed by atoms with Crippen molar-refractivity contribution in [3.05, 3.63) is 69.2 Å². The van der Waals surface area contributed by atoms with Crippen LogP contribution in [0.1, 0.15) is 16.7 Å². The number of barbiturate groups is 1. The molecule has 0 aliphatic carbocycles. The summed E-state index contributed by atoms with van der Waals surface area (Å²) < 4.78 is 39.4. The summed E-state index contributed by atoms with van der Waals surface area (Å²) in [7, 11) is 0. The van der Waals surface area contributed by atoms with E-state index in [2.05, 4.69) is 15.9 Å². The molecular weight excluding hydrogens is 441 g/mol. The number of hydrogen-bond donors (Lipinski definition) is 1. The first kappa shape index (κ1) is 19.8. The number of carbonyl (C=O) groups excluding carboxylic acids is 3. The van der Waals surface area contributed by atoms with Gasteiger partial charge in [0.1, 0.15) is 5.57 Å². The number of nitrogens with zero attached hydrogens (tertiary/aromatic N) is 1. The summed E-state index contributed by atoms with van der Waals surface area (Å²) >= 11 is 3.31. The van der Waals surface area contributed by atoms with Crippen LogP contribution >= 0.6 is 15.9 Å². The van der Waals surface area contributed by atoms with Crippen LogP contribution in [0.5, 0.6) is 0 Å². The Morgan fingerprint density at radius 3 is 2.43 bits per heavy atom. The van der Waals surface area contributed by atoms with E-state index in [9.17, 15) is 27.6 Å². The number of imide groups is 2. The van der Waals surface area contributed by atoms with Crippen molar-refractivity contribution in [3.8, 4) is 0 Å². The Bertz CT molecular complexity index is 1030. The zero-order chi connectivity index (χ0) is 20.6. The molecule has 0 atom stereocenters. The van der Waals surface area contributed by atoms with Crippen LogP contribution in [0.25, 0.3) is 6.08 Å². The van der Waals surface area contributed by atoms with Crippen molar-refractivity contribution in [1.29, 1.82) is 0 Å². The molecule has 0 spiro atoms. The number of nitrogens with one attached hydrogen (secondary N) is 1. The van der Waals surface area contributed by atoms with E-state index >= 15 is 0 Å². The summed E-state index contributed by atoms with van der Waals surface area (Å²) in [4.78, 5) is 37.8. The molecule has 2 aromatic carbocycles. The third-order valence-electron chi connectivity index (χ3n) is 4.03. The standard InChI is InChI=1S/C19H12BrF3N2O3/c1-10-7-13(5-6-15(10)20)25-17(27)14(16(26)24-18(25)28)9-11-3-2-4-12(8-11)19(21,22)23/h2-9H,1H3,(H,24,26,28)/b14-9+. The van der Waals surface area contributed by atoms with Gasteiger partial charge in [0.15, 0.2) is 0 Å². The topological polar surface area (TPSA) is 66.5 Å². The van der Waals surface area contributed by atoms with Crippen molar-refractivity contribution in [1.82, 2.24) is 5.32 Å². The van der Waals surface area contributed by atoms with E-state index in [0.717, 1.165) is 33.1 Å². The molecule has 28 heavy (non-hydrogen) atoms. The smallest absolute Gasteiger partial charge is 0.273 e. The first-order valence-corrected chi connectivity index (χ1v) is 8.72. The quantitative estimate of drug-likeness (QED) is 0.540. The zero-order valence-corrected chi connectivity index (χ0v) is 15.9. The highest BCUT2D eigenvalue weighted by Crippen LogP contribution is 2.31. The van der Waals surface area contributed by atoms with Gasteiger partial charge in [0.2, 0.25) is 0 Å². The molecule has 9 heteroatoms. The Morgan fingerprint density at radius 1 is 1.07 bits per heavy atom. The Balaban J connectivity index is 2.03. The highest BCUT2D eigenvalue weighted by molar-refractivity contribution is 9.10. The predicted octanol–water partition coefficient (Wildman–Crippen LogP) is 4.44. The third-order valence-corrected chi connectivity index (χ3v) is 4.92. The van der Waals surface area contributed by atoms with E-state index in [4.69, 9.17) is 0 Å². The second-order valence-corrected chi connectivity index (χ2v) is 6.87. The zero-order valence-electron chi connectivity index (χ0n) is 14.3. The summed E-state index contributed by atoms with van der Waals surface area (Å²) in [6, 6.07) is 7.97. The van der Waals surface area contributed by atoms with Crippen LogP contribution in [0.3, 0.4) is 0 Å². The van der Waals surface area contributed by atoms with Crippen LogP contribution in [0.4, 0.5) is 23.7 Å². The Hall–Kier alpha value is -2.94. The van der Waals surface area contributed by atoms with Gasteiger partial charge in [-0.05, 0) is 54.5 Å². The molecule has 144 valence electrons. The average molecular weight is 453 g/mol. The second-order valence-electron chi connectivity index (χ2n) is 6.01. The molecule has 2 aromatic rings. The van der Waals surface area contributed by atoms with E-state index in [1.165, 1.54) is 18.2 Å². The maximum absolute atomic E-state index is 12.9. The van der Waals surface area contributed by atoms with Gasteiger partial charge in [0, 0.05) is 4.47 Å². The lowest BCUT2D eigenvalue weighted by Crippen LogP contribution is -2.54. The minimum absolute atomic E-state index is 0.00890. The van der Waals surface area contributed by atoms with Crippen LogP contribution in [0, 0.1) is 6.92 Å². The number of rotatable bonds is 2. The van der Waals surface area contributed by atoms with Crippen LogP contribution in [-0.4, -0.2) is 17.8 Å². The minimum Gasteiger partial charge on any atom is -0.273 e. The van der Waals surface area contributed by atoms with Crippen molar-refractivity contribution < 1.29 is 27.6 Å². The second kappa shape index (κ2) is 7.23. The van der Waals surface area contributed by atoms with E-state index < -0.39 is 35.2 Å². The number of benzene rings is 2. The molecule has 0 aromatic heterocycles. The Kier molecular flexibility index (Phi) is 5.12. The maximum atomic E-state index is 12.9. The summed E-state index contributed by atoms with van der Waals surface area (Å²) in [6.07, 6.45) is -3.54. The lowest BCUT2D eigenvalue weighted by atomic mass is 10.0. The summed E-state index contributed by atoms with van der Waals surface area (Å²) in [5, 5.41) is 2.03. The van der Waals surface area contributed by atoms with Gasteiger partial charge in [-0.1, -0.05) is 28.1 Å². The Morgan fingerprint density at radius 2 is 1.79 bits per heavy atom. The molecule has 1 heterocycles. The molecule has 4 amide bonds. The Labute approximate surface area is 166 Å². The number of alkyl halides is 3. The summed E-state index contributed by atoms with van der Waals surface area (Å²) in [6.45, 7) is 1.75. The average Bonchev–Trinajstić information content (AvgIpc) is 2.61. The normalized spacial score (nSPS) is 16.5. The SMILES string of the molecule is Cc1cc(N2C(=O)NC(=O)/C(=C\c3cccc(C(F)(F)F)c3)C2=O)ccc1Br. The fourth-order valence-corrected chi connectivity index (χ4v) is 2.88. The van der Waals surface area contributed by atoms with Crippen LogP contribution in [0.15, 0.2) is 52.5 Å². The van der Waals surface area contributed by atoms with E-state index in [1.54, 1.807) is 19.1 Å². The van der Waals surface area contributed by atoms with Gasteiger partial charge in [0.25, 0.3) is 11.8 Å². The molecule has 1 aliphatic rings. The molecule has 0 radical (unpaired) electrons. The van der Waals surface area contributed by atoms with Gasteiger partial charge in [0.05, 0.1) is 11.3 Å². The molecule has 1 saturated heterocycles. The van der Waals surface area contributed by atoms with Gasteiger partial charge in [-0.15, -0.1) is 0 Å². The molecule has 0 saturated carbocycles. The van der Waals surface area contributed by atoms with Crippen molar-refractivity contribution in [3.63, 3.8) is 0 Å². The van der Waals surface area contributed by atoms with E-state index in [0.29, 0.717) is 0 Å². The number of hydrogen-bond acceptors (Lipinski definition) is 3. The van der Waals surface area contributed by atoms with Crippen LogP contribution in [-0.2, 0) is 15.8 Å². The van der Waals surface area contributed by atoms with Crippen molar-refractivity contribution in [2.45, 2.75) is 13.1 Å². The number of urea groups is 1. The first-order chi connectivity index (χ1) is 13.1. The lowest BCUT2D eigenvalue weighted by molar-refractivity contribution is -0.137. The predicted molar refractivity (Wildman–Crippen MR) is 99.3 cm³/mol. The molecule has 5 nitrogen and oxygen atoms in total. The van der Waals surface area contributed by atoms with E-state index in [-0.39, 0.29) is 11.3 Å². The highest BCUT2D eigenvalue weighted by Gasteiger charge is 2.37. The fourth-order valence-electron chi connectivity index (χ4n) is 2.63. The maximum Gasteiger partial charge on any atom is 0.416 e. The monoisotopic (exact) mass is 452 g/mol. The van der Waals surface area contributed by atoms with Crippen molar-refractivity contribution in [2.24, 2.45) is 0 Å². The molecule has 0 bridgehead atoms. The summed E-state index contributed by atoms with van der Waals surface area (Å²) in [5.74, 6) is -1.90. The van der Waals surface area contributed by atoms with Gasteiger partial charge in [-0.3, -0.25) is 14.9 Å². The molecule has 1 fully saturated rings. The molecular formula is C19H12BrF3N2O3. The number of amides is 4. The van der Waals surface area contributed by atoms with Gasteiger partial charge >= 0.3 is 12.2 Å². The van der Waals surface area contributed by atoms with Crippen LogP contribution in [0.2, 0.25) is 0 Å². The number of aryl methyl sites for hydroxylation is 1. The number of anilines is 1. The highest BCUT2D eigenvalue weighted by atomic mass is 79.9. The van der Waals surface area contributed by atoms with Crippen molar-refractivity contribution >= 4 is 45.5 Å². The lowest BCUT2D eigenvalue weighted by Gasteiger charge is -2.26. The third kappa shape index (κ3) is 3.84. The van der Waals surface area contributed by atoms with Crippen molar-refractivity contribution in [2.75, 3.05) is 4.90 Å². The fraction of sp³-hybridized carbons (Fsp3) is 0.105. The van der Waals surface area contributed by atoms with Crippen LogP contribution < -0.4 is 10.2 Å². The molecule has 3 rings (SSSR count). The van der Waals surface area contributed by atoms with Gasteiger partial charge < -0.3 is 0 Å². The molecule has 0 unspecified atom stereocenters. The largest absolute Gasteiger partial charge is 0.416 e. The first-order valence-electron chi connectivity index (χ1n) is 7.93. The molecule has 1 N–H and O–H groups in total. The number of halogens is 4. The van der Waals surface area contributed by atoms with Gasteiger partial charge in [-0.2, -0.15) is 13.2 Å².